The summed E-state index contributed by atoms with van der Waals surface area (Å²) in [5, 5.41) is 4.70. The highest BCUT2D eigenvalue weighted by atomic mass is 15.5. The van der Waals surface area contributed by atoms with Crippen molar-refractivity contribution < 1.29 is 4.68 Å². The standard InChI is InChI=1S/C20H15N3/c1-4-10-17(11-5-1)20-16-22(18-12-6-2-7-13-18)21-23(20)19-14-8-3-9-15-19/h1-15H. The van der Waals surface area contributed by atoms with E-state index in [1.807, 2.05) is 83.5 Å². The van der Waals surface area contributed by atoms with E-state index in [4.69, 9.17) is 5.21 Å². The van der Waals surface area contributed by atoms with Gasteiger partial charge in [0.2, 0.25) is 0 Å². The van der Waals surface area contributed by atoms with Crippen molar-refractivity contribution in [3.05, 3.63) is 97.2 Å². The summed E-state index contributed by atoms with van der Waals surface area (Å²) in [5.41, 5.74) is 4.01. The number of rotatable bonds is 3. The molecule has 3 heteroatoms. The first kappa shape index (κ1) is 13.5. The molecule has 1 aromatic heterocycles. The SMILES string of the molecule is [c-]1c(-c2ccccc2)n(-c2ccccc2)n[n+]1-c1ccccc1. The molecule has 0 unspecified atom stereocenters. The fourth-order valence-electron chi connectivity index (χ4n) is 2.52. The van der Waals surface area contributed by atoms with Gasteiger partial charge in [-0.15, -0.1) is 16.8 Å². The Labute approximate surface area is 135 Å². The smallest absolute Gasteiger partial charge is 0.153 e. The predicted molar refractivity (Wildman–Crippen MR) is 89.4 cm³/mol. The van der Waals surface area contributed by atoms with Crippen molar-refractivity contribution in [3.63, 3.8) is 0 Å². The Bertz CT molecular complexity index is 841. The molecule has 110 valence electrons. The lowest BCUT2D eigenvalue weighted by atomic mass is 10.1. The fraction of sp³-hybridized carbons (Fsp3) is 0. The summed E-state index contributed by atoms with van der Waals surface area (Å²) in [6.07, 6.45) is 3.38. The van der Waals surface area contributed by atoms with Crippen LogP contribution in [-0.4, -0.2) is 9.90 Å². The lowest BCUT2D eigenvalue weighted by molar-refractivity contribution is -0.664. The molecule has 0 saturated carbocycles. The molecule has 23 heavy (non-hydrogen) atoms. The maximum absolute atomic E-state index is 4.70. The van der Waals surface area contributed by atoms with E-state index >= 15 is 0 Å². The molecular formula is C20H15N3. The minimum atomic E-state index is 0.931. The summed E-state index contributed by atoms with van der Waals surface area (Å²) in [5.74, 6) is 0. The first-order valence-corrected chi connectivity index (χ1v) is 7.53. The maximum Gasteiger partial charge on any atom is 0.153 e. The minimum Gasteiger partial charge on any atom is -0.207 e. The van der Waals surface area contributed by atoms with Crippen molar-refractivity contribution in [3.8, 4) is 22.6 Å². The zero-order valence-electron chi connectivity index (χ0n) is 12.5. The second-order valence-electron chi connectivity index (χ2n) is 5.21. The number of hydrogen-bond acceptors (Lipinski definition) is 1. The van der Waals surface area contributed by atoms with Gasteiger partial charge in [0.25, 0.3) is 0 Å². The van der Waals surface area contributed by atoms with Gasteiger partial charge in [-0.1, -0.05) is 72.3 Å². The number of nitrogens with zero attached hydrogens (tertiary/aromatic N) is 3. The second-order valence-corrected chi connectivity index (χ2v) is 5.21. The van der Waals surface area contributed by atoms with Crippen molar-refractivity contribution >= 4 is 0 Å². The molecular weight excluding hydrogens is 282 g/mol. The van der Waals surface area contributed by atoms with Gasteiger partial charge in [-0.05, 0) is 12.1 Å². The van der Waals surface area contributed by atoms with Gasteiger partial charge in [0.05, 0.1) is 22.8 Å². The first-order chi connectivity index (χ1) is 11.4. The summed E-state index contributed by atoms with van der Waals surface area (Å²) < 4.78 is 3.71. The highest BCUT2D eigenvalue weighted by Crippen LogP contribution is 2.20. The molecule has 0 aliphatic rings. The zero-order chi connectivity index (χ0) is 15.5. The van der Waals surface area contributed by atoms with Crippen LogP contribution in [0, 0.1) is 6.20 Å². The molecule has 3 nitrogen and oxygen atoms in total. The van der Waals surface area contributed by atoms with Gasteiger partial charge in [0.15, 0.2) is 5.69 Å². The van der Waals surface area contributed by atoms with Crippen LogP contribution in [0.25, 0.3) is 22.6 Å². The molecule has 0 aliphatic carbocycles. The topological polar surface area (TPSA) is 21.7 Å². The number of benzene rings is 3. The Balaban J connectivity index is 1.91. The van der Waals surface area contributed by atoms with Crippen LogP contribution in [0.1, 0.15) is 0 Å². The predicted octanol–water partition coefficient (Wildman–Crippen LogP) is 3.62. The van der Waals surface area contributed by atoms with Crippen molar-refractivity contribution in [2.75, 3.05) is 0 Å². The van der Waals surface area contributed by atoms with Crippen molar-refractivity contribution in [1.29, 1.82) is 0 Å². The molecule has 0 atom stereocenters. The van der Waals surface area contributed by atoms with E-state index in [1.165, 1.54) is 0 Å². The van der Waals surface area contributed by atoms with Crippen LogP contribution in [0.4, 0.5) is 0 Å². The monoisotopic (exact) mass is 297 g/mol. The molecule has 4 aromatic rings. The number of hydrogen-bond donors (Lipinski definition) is 0. The normalized spacial score (nSPS) is 10.6. The van der Waals surface area contributed by atoms with Gasteiger partial charge >= 0.3 is 0 Å². The van der Waals surface area contributed by atoms with E-state index in [1.54, 1.807) is 4.68 Å². The van der Waals surface area contributed by atoms with Gasteiger partial charge < -0.3 is 0 Å². The second kappa shape index (κ2) is 5.89. The molecule has 0 spiro atoms. The number of para-hydroxylation sites is 2. The molecule has 0 radical (unpaired) electrons. The summed E-state index contributed by atoms with van der Waals surface area (Å²) in [7, 11) is 0. The van der Waals surface area contributed by atoms with E-state index in [-0.39, 0.29) is 0 Å². The third kappa shape index (κ3) is 2.64. The summed E-state index contributed by atoms with van der Waals surface area (Å²) >= 11 is 0. The van der Waals surface area contributed by atoms with Crippen LogP contribution >= 0.6 is 0 Å². The molecule has 0 aliphatic heterocycles. The average molecular weight is 297 g/mol. The summed E-state index contributed by atoms with van der Waals surface area (Å²) in [4.78, 5) is 0. The van der Waals surface area contributed by atoms with E-state index in [0.29, 0.717) is 0 Å². The van der Waals surface area contributed by atoms with Crippen LogP contribution < -0.4 is 4.68 Å². The van der Waals surface area contributed by atoms with Gasteiger partial charge in [-0.2, -0.15) is 0 Å². The highest BCUT2D eigenvalue weighted by molar-refractivity contribution is 5.59. The van der Waals surface area contributed by atoms with Crippen molar-refractivity contribution in [2.24, 2.45) is 0 Å². The van der Waals surface area contributed by atoms with Gasteiger partial charge in [-0.25, -0.2) is 4.68 Å². The zero-order valence-corrected chi connectivity index (χ0v) is 12.5. The third-order valence-corrected chi connectivity index (χ3v) is 3.65. The van der Waals surface area contributed by atoms with Crippen LogP contribution in [0.5, 0.6) is 0 Å². The van der Waals surface area contributed by atoms with Gasteiger partial charge in [0, 0.05) is 0 Å². The molecule has 0 fully saturated rings. The Morgan fingerprint density at radius 1 is 0.696 bits per heavy atom. The quantitative estimate of drug-likeness (QED) is 0.418. The van der Waals surface area contributed by atoms with E-state index in [9.17, 15) is 0 Å². The van der Waals surface area contributed by atoms with Crippen LogP contribution in [0.2, 0.25) is 0 Å². The molecule has 0 saturated heterocycles. The molecule has 0 N–H and O–H groups in total. The Morgan fingerprint density at radius 2 is 1.26 bits per heavy atom. The number of aromatic nitrogens is 3. The van der Waals surface area contributed by atoms with Gasteiger partial charge in [-0.3, -0.25) is 0 Å². The molecule has 4 rings (SSSR count). The summed E-state index contributed by atoms with van der Waals surface area (Å²) in [6, 6.07) is 30.4. The largest absolute Gasteiger partial charge is 0.207 e. The third-order valence-electron chi connectivity index (χ3n) is 3.65. The fourth-order valence-corrected chi connectivity index (χ4v) is 2.52. The van der Waals surface area contributed by atoms with Crippen molar-refractivity contribution in [1.82, 2.24) is 9.90 Å². The van der Waals surface area contributed by atoms with Crippen LogP contribution in [0.3, 0.4) is 0 Å². The van der Waals surface area contributed by atoms with Crippen LogP contribution in [-0.2, 0) is 0 Å². The van der Waals surface area contributed by atoms with E-state index < -0.39 is 0 Å². The average Bonchev–Trinajstić information content (AvgIpc) is 3.09. The highest BCUT2D eigenvalue weighted by Gasteiger charge is 2.14. The van der Waals surface area contributed by atoms with E-state index in [2.05, 4.69) is 18.3 Å². The molecule has 3 aromatic carbocycles. The Hall–Kier alpha value is -3.20. The lowest BCUT2D eigenvalue weighted by Crippen LogP contribution is -2.33. The first-order valence-electron chi connectivity index (χ1n) is 7.53. The lowest BCUT2D eigenvalue weighted by Gasteiger charge is -2.03. The maximum atomic E-state index is 4.70. The molecule has 0 amide bonds. The van der Waals surface area contributed by atoms with Gasteiger partial charge in [0.1, 0.15) is 0 Å². The van der Waals surface area contributed by atoms with Crippen LogP contribution in [0.15, 0.2) is 91.0 Å². The Morgan fingerprint density at radius 3 is 1.91 bits per heavy atom. The van der Waals surface area contributed by atoms with E-state index in [0.717, 1.165) is 22.6 Å². The Kier molecular flexibility index (Phi) is 3.45. The van der Waals surface area contributed by atoms with Crippen molar-refractivity contribution in [2.45, 2.75) is 0 Å². The summed E-state index contributed by atoms with van der Waals surface area (Å²) in [6.45, 7) is 0. The molecule has 1 heterocycles. The minimum absolute atomic E-state index is 0.931. The molecule has 0 bridgehead atoms.